The molecule has 0 heterocycles. The Morgan fingerprint density at radius 2 is 1.83 bits per heavy atom. The van der Waals surface area contributed by atoms with E-state index in [-0.39, 0.29) is 11.3 Å². The molecule has 0 radical (unpaired) electrons. The average Bonchev–Trinajstić information content (AvgIpc) is 2.28. The van der Waals surface area contributed by atoms with Crippen LogP contribution in [0, 0.1) is 0 Å². The van der Waals surface area contributed by atoms with Gasteiger partial charge in [-0.2, -0.15) is 0 Å². The highest BCUT2D eigenvalue weighted by Crippen LogP contribution is 2.11. The number of phenolic OH excluding ortho intramolecular Hbond substituents is 1. The van der Waals surface area contributed by atoms with Crippen LogP contribution < -0.4 is 11.1 Å². The summed E-state index contributed by atoms with van der Waals surface area (Å²) in [6.45, 7) is 1.30. The standard InChI is InChI=1S/C11H12N2O5/c1-6(9(15)13-11(12)17)18-10(16)7-2-4-8(14)5-3-7/h2-6,14H,1H3,(H3,12,13,15,17)/t6-/m1/s1. The lowest BCUT2D eigenvalue weighted by atomic mass is 10.2. The number of hydrogen-bond donors (Lipinski definition) is 3. The van der Waals surface area contributed by atoms with Crippen LogP contribution >= 0.6 is 0 Å². The molecule has 1 aromatic rings. The van der Waals surface area contributed by atoms with Gasteiger partial charge >= 0.3 is 12.0 Å². The Kier molecular flexibility index (Phi) is 4.25. The number of nitrogens with two attached hydrogens (primary N) is 1. The van der Waals surface area contributed by atoms with Gasteiger partial charge in [0.05, 0.1) is 5.56 Å². The lowest BCUT2D eigenvalue weighted by molar-refractivity contribution is -0.127. The highest BCUT2D eigenvalue weighted by Gasteiger charge is 2.19. The van der Waals surface area contributed by atoms with E-state index in [2.05, 4.69) is 0 Å². The summed E-state index contributed by atoms with van der Waals surface area (Å²) in [5.74, 6) is -1.55. The van der Waals surface area contributed by atoms with Crippen LogP contribution in [0.1, 0.15) is 17.3 Å². The van der Waals surface area contributed by atoms with Gasteiger partial charge in [-0.1, -0.05) is 0 Å². The fraction of sp³-hybridized carbons (Fsp3) is 0.182. The summed E-state index contributed by atoms with van der Waals surface area (Å²) in [7, 11) is 0. The molecule has 7 heteroatoms. The van der Waals surface area contributed by atoms with Crippen molar-refractivity contribution < 1.29 is 24.2 Å². The number of amides is 3. The number of ether oxygens (including phenoxy) is 1. The minimum Gasteiger partial charge on any atom is -0.508 e. The zero-order chi connectivity index (χ0) is 13.7. The molecule has 7 nitrogen and oxygen atoms in total. The van der Waals surface area contributed by atoms with Crippen molar-refractivity contribution in [2.75, 3.05) is 0 Å². The smallest absolute Gasteiger partial charge is 0.338 e. The lowest BCUT2D eigenvalue weighted by Gasteiger charge is -2.11. The molecule has 1 atom stereocenters. The van der Waals surface area contributed by atoms with Crippen LogP contribution in [0.5, 0.6) is 5.75 Å². The van der Waals surface area contributed by atoms with Gasteiger partial charge in [0.1, 0.15) is 5.75 Å². The average molecular weight is 252 g/mol. The van der Waals surface area contributed by atoms with Gasteiger partial charge in [0.15, 0.2) is 6.10 Å². The predicted octanol–water partition coefficient (Wildman–Crippen LogP) is 0.132. The van der Waals surface area contributed by atoms with Crippen LogP contribution in [0.3, 0.4) is 0 Å². The molecule has 0 spiro atoms. The van der Waals surface area contributed by atoms with Gasteiger partial charge in [-0.15, -0.1) is 0 Å². The predicted molar refractivity (Wildman–Crippen MR) is 60.7 cm³/mol. The number of phenols is 1. The minimum atomic E-state index is -1.15. The van der Waals surface area contributed by atoms with E-state index < -0.39 is 24.0 Å². The molecule has 96 valence electrons. The number of aromatic hydroxyl groups is 1. The maximum atomic E-state index is 11.6. The molecule has 0 unspecified atom stereocenters. The zero-order valence-corrected chi connectivity index (χ0v) is 9.54. The van der Waals surface area contributed by atoms with E-state index >= 15 is 0 Å². The van der Waals surface area contributed by atoms with Crippen LogP contribution in [0.2, 0.25) is 0 Å². The highest BCUT2D eigenvalue weighted by atomic mass is 16.5. The number of carbonyl (C=O) groups excluding carboxylic acids is 3. The number of primary amides is 1. The molecular weight excluding hydrogens is 240 g/mol. The number of benzene rings is 1. The summed E-state index contributed by atoms with van der Waals surface area (Å²) < 4.78 is 4.80. The molecule has 0 bridgehead atoms. The van der Waals surface area contributed by atoms with Crippen molar-refractivity contribution in [2.24, 2.45) is 5.73 Å². The fourth-order valence-electron chi connectivity index (χ4n) is 1.10. The van der Waals surface area contributed by atoms with E-state index in [1.54, 1.807) is 5.32 Å². The van der Waals surface area contributed by atoms with Gasteiger partial charge in [0.2, 0.25) is 0 Å². The lowest BCUT2D eigenvalue weighted by Crippen LogP contribution is -2.42. The van der Waals surface area contributed by atoms with E-state index in [1.165, 1.54) is 31.2 Å². The quantitative estimate of drug-likeness (QED) is 0.661. The third-order valence-electron chi connectivity index (χ3n) is 2.00. The largest absolute Gasteiger partial charge is 0.508 e. The molecule has 0 aromatic heterocycles. The molecule has 0 aliphatic heterocycles. The molecule has 1 rings (SSSR count). The van der Waals surface area contributed by atoms with Crippen LogP contribution in [-0.2, 0) is 9.53 Å². The van der Waals surface area contributed by atoms with E-state index in [0.717, 1.165) is 0 Å². The van der Waals surface area contributed by atoms with Crippen molar-refractivity contribution in [3.63, 3.8) is 0 Å². The van der Waals surface area contributed by atoms with Crippen LogP contribution in [0.4, 0.5) is 4.79 Å². The van der Waals surface area contributed by atoms with E-state index in [1.807, 2.05) is 0 Å². The number of imide groups is 1. The molecule has 0 fully saturated rings. The van der Waals surface area contributed by atoms with Gasteiger partial charge in [0.25, 0.3) is 5.91 Å². The summed E-state index contributed by atoms with van der Waals surface area (Å²) in [5.41, 5.74) is 4.92. The topological polar surface area (TPSA) is 119 Å². The Morgan fingerprint density at radius 1 is 1.28 bits per heavy atom. The van der Waals surface area contributed by atoms with Crippen molar-refractivity contribution in [3.05, 3.63) is 29.8 Å². The van der Waals surface area contributed by atoms with Crippen molar-refractivity contribution in [2.45, 2.75) is 13.0 Å². The maximum Gasteiger partial charge on any atom is 0.338 e. The molecule has 4 N–H and O–H groups in total. The molecule has 0 saturated carbocycles. The van der Waals surface area contributed by atoms with Gasteiger partial charge in [-0.05, 0) is 31.2 Å². The van der Waals surface area contributed by atoms with Crippen molar-refractivity contribution in [3.8, 4) is 5.75 Å². The first-order valence-corrected chi connectivity index (χ1v) is 5.00. The molecule has 0 aliphatic rings. The van der Waals surface area contributed by atoms with Crippen LogP contribution in [0.25, 0.3) is 0 Å². The Bertz CT molecular complexity index is 469. The molecule has 18 heavy (non-hydrogen) atoms. The van der Waals surface area contributed by atoms with Crippen molar-refractivity contribution in [1.82, 2.24) is 5.32 Å². The summed E-state index contributed by atoms with van der Waals surface area (Å²) in [5, 5.41) is 10.8. The normalized spacial score (nSPS) is 11.4. The van der Waals surface area contributed by atoms with Crippen LogP contribution in [-0.4, -0.2) is 29.1 Å². The van der Waals surface area contributed by atoms with Crippen LogP contribution in [0.15, 0.2) is 24.3 Å². The van der Waals surface area contributed by atoms with Crippen molar-refractivity contribution in [1.29, 1.82) is 0 Å². The van der Waals surface area contributed by atoms with Crippen molar-refractivity contribution >= 4 is 17.9 Å². The van der Waals surface area contributed by atoms with Gasteiger partial charge in [-0.3, -0.25) is 10.1 Å². The molecule has 0 saturated heterocycles. The summed E-state index contributed by atoms with van der Waals surface area (Å²) in [4.78, 5) is 33.2. The Hall–Kier alpha value is -2.57. The molecule has 1 aromatic carbocycles. The second-order valence-corrected chi connectivity index (χ2v) is 3.45. The first kappa shape index (κ1) is 13.5. The maximum absolute atomic E-state index is 11.6. The van der Waals surface area contributed by atoms with Gasteiger partial charge < -0.3 is 15.6 Å². The minimum absolute atomic E-state index is 0.00562. The third kappa shape index (κ3) is 3.78. The molecule has 0 aliphatic carbocycles. The number of nitrogens with one attached hydrogen (secondary N) is 1. The Balaban J connectivity index is 2.62. The molecule has 3 amide bonds. The van der Waals surface area contributed by atoms with E-state index in [4.69, 9.17) is 15.6 Å². The first-order chi connectivity index (χ1) is 8.40. The monoisotopic (exact) mass is 252 g/mol. The Labute approximate surface area is 103 Å². The van der Waals surface area contributed by atoms with E-state index in [0.29, 0.717) is 0 Å². The van der Waals surface area contributed by atoms with Gasteiger partial charge in [-0.25, -0.2) is 9.59 Å². The summed E-state index contributed by atoms with van der Waals surface area (Å²) in [6, 6.07) is 4.29. The SMILES string of the molecule is C[C@@H](OC(=O)c1ccc(O)cc1)C(=O)NC(N)=O. The fourth-order valence-corrected chi connectivity index (χ4v) is 1.10. The van der Waals surface area contributed by atoms with Gasteiger partial charge in [0, 0.05) is 0 Å². The number of esters is 1. The number of hydrogen-bond acceptors (Lipinski definition) is 5. The zero-order valence-electron chi connectivity index (χ0n) is 9.54. The second kappa shape index (κ2) is 5.67. The molecular formula is C11H12N2O5. The summed E-state index contributed by atoms with van der Waals surface area (Å²) >= 11 is 0. The second-order valence-electron chi connectivity index (χ2n) is 3.45. The summed E-state index contributed by atoms with van der Waals surface area (Å²) in [6.07, 6.45) is -1.15. The number of urea groups is 1. The Morgan fingerprint density at radius 3 is 2.33 bits per heavy atom. The highest BCUT2D eigenvalue weighted by molar-refractivity contribution is 5.98. The number of carbonyl (C=O) groups is 3. The third-order valence-corrected chi connectivity index (χ3v) is 2.00. The van der Waals surface area contributed by atoms with E-state index in [9.17, 15) is 14.4 Å². The first-order valence-electron chi connectivity index (χ1n) is 5.00. The number of rotatable bonds is 3.